The van der Waals surface area contributed by atoms with Gasteiger partial charge in [0.05, 0.1) is 16.1 Å². The lowest BCUT2D eigenvalue weighted by Crippen LogP contribution is -2.01. The number of nitro groups is 1. The summed E-state index contributed by atoms with van der Waals surface area (Å²) in [4.78, 5) is 15.8. The molecule has 0 spiro atoms. The molecule has 0 fully saturated rings. The van der Waals surface area contributed by atoms with Gasteiger partial charge in [-0.2, -0.15) is 0 Å². The Labute approximate surface area is 140 Å². The Hall–Kier alpha value is -2.95. The van der Waals surface area contributed by atoms with Gasteiger partial charge in [0.15, 0.2) is 0 Å². The standard InChI is InChI=1S/C19H19N3O2/c1-11-7-5-6-8-15(11)21-16-10-13(3)20-19-14(4)12(2)9-17(18(16)19)22(23)24/h5-10H,1-4H3,(H,20,21). The number of nitro benzene ring substituents is 1. The fraction of sp³-hybridized carbons (Fsp3) is 0.211. The molecular formula is C19H19N3O2. The van der Waals surface area contributed by atoms with E-state index in [4.69, 9.17) is 0 Å². The number of hydrogen-bond donors (Lipinski definition) is 1. The minimum absolute atomic E-state index is 0.0803. The van der Waals surface area contributed by atoms with Crippen LogP contribution in [-0.4, -0.2) is 9.91 Å². The third-order valence-corrected chi connectivity index (χ3v) is 4.31. The molecule has 0 saturated heterocycles. The maximum atomic E-state index is 11.6. The molecule has 0 unspecified atom stereocenters. The van der Waals surface area contributed by atoms with Crippen LogP contribution in [0.4, 0.5) is 17.1 Å². The first-order valence-electron chi connectivity index (χ1n) is 7.77. The van der Waals surface area contributed by atoms with Crippen molar-refractivity contribution in [1.29, 1.82) is 0 Å². The number of anilines is 2. The van der Waals surface area contributed by atoms with Crippen molar-refractivity contribution in [3.8, 4) is 0 Å². The zero-order valence-electron chi connectivity index (χ0n) is 14.2. The molecule has 5 nitrogen and oxygen atoms in total. The second-order valence-electron chi connectivity index (χ2n) is 6.07. The Kier molecular flexibility index (Phi) is 3.93. The van der Waals surface area contributed by atoms with Crippen LogP contribution in [0, 0.1) is 37.8 Å². The molecule has 0 radical (unpaired) electrons. The summed E-state index contributed by atoms with van der Waals surface area (Å²) in [5, 5.41) is 15.5. The summed E-state index contributed by atoms with van der Waals surface area (Å²) in [5.74, 6) is 0. The van der Waals surface area contributed by atoms with Gasteiger partial charge in [0, 0.05) is 17.4 Å². The lowest BCUT2D eigenvalue weighted by atomic mass is 10.0. The van der Waals surface area contributed by atoms with Crippen LogP contribution in [-0.2, 0) is 0 Å². The van der Waals surface area contributed by atoms with Crippen molar-refractivity contribution in [3.05, 3.63) is 68.9 Å². The molecule has 24 heavy (non-hydrogen) atoms. The molecule has 2 aromatic carbocycles. The molecule has 1 N–H and O–H groups in total. The summed E-state index contributed by atoms with van der Waals surface area (Å²) < 4.78 is 0. The molecule has 122 valence electrons. The van der Waals surface area contributed by atoms with Crippen LogP contribution in [0.25, 0.3) is 10.9 Å². The van der Waals surface area contributed by atoms with Crippen LogP contribution in [0.3, 0.4) is 0 Å². The van der Waals surface area contributed by atoms with Crippen molar-refractivity contribution in [3.63, 3.8) is 0 Å². The number of pyridine rings is 1. The first kappa shape index (κ1) is 15.9. The van der Waals surface area contributed by atoms with Gasteiger partial charge in [-0.15, -0.1) is 0 Å². The first-order chi connectivity index (χ1) is 11.4. The molecule has 0 atom stereocenters. The van der Waals surface area contributed by atoms with Gasteiger partial charge in [0.2, 0.25) is 0 Å². The molecule has 5 heteroatoms. The summed E-state index contributed by atoms with van der Waals surface area (Å²) in [6, 6.07) is 11.3. The van der Waals surface area contributed by atoms with E-state index in [1.165, 1.54) is 0 Å². The third kappa shape index (κ3) is 2.69. The van der Waals surface area contributed by atoms with E-state index in [1.54, 1.807) is 6.07 Å². The Morgan fingerprint density at radius 1 is 1.00 bits per heavy atom. The van der Waals surface area contributed by atoms with Gasteiger partial charge in [-0.25, -0.2) is 0 Å². The van der Waals surface area contributed by atoms with Crippen molar-refractivity contribution in [2.45, 2.75) is 27.7 Å². The van der Waals surface area contributed by atoms with Crippen LogP contribution in [0.2, 0.25) is 0 Å². The van der Waals surface area contributed by atoms with Crippen molar-refractivity contribution in [2.75, 3.05) is 5.32 Å². The van der Waals surface area contributed by atoms with E-state index < -0.39 is 0 Å². The molecule has 0 saturated carbocycles. The monoisotopic (exact) mass is 321 g/mol. The SMILES string of the molecule is Cc1cc(Nc2ccccc2C)c2c([N+](=O)[O-])cc(C)c(C)c2n1. The van der Waals surface area contributed by atoms with E-state index in [0.29, 0.717) is 16.6 Å². The van der Waals surface area contributed by atoms with Crippen LogP contribution >= 0.6 is 0 Å². The van der Waals surface area contributed by atoms with Crippen LogP contribution in [0.15, 0.2) is 36.4 Å². The molecule has 1 aromatic heterocycles. The minimum Gasteiger partial charge on any atom is -0.354 e. The number of aryl methyl sites for hydroxylation is 4. The number of non-ortho nitro benzene ring substituents is 1. The maximum Gasteiger partial charge on any atom is 0.281 e. The topological polar surface area (TPSA) is 68.1 Å². The zero-order chi connectivity index (χ0) is 17.4. The normalized spacial score (nSPS) is 10.8. The molecular weight excluding hydrogens is 302 g/mol. The van der Waals surface area contributed by atoms with E-state index in [0.717, 1.165) is 28.1 Å². The van der Waals surface area contributed by atoms with Crippen molar-refractivity contribution < 1.29 is 4.92 Å². The molecule has 1 heterocycles. The van der Waals surface area contributed by atoms with Gasteiger partial charge in [-0.1, -0.05) is 18.2 Å². The van der Waals surface area contributed by atoms with Gasteiger partial charge in [0.25, 0.3) is 5.69 Å². The Balaban J connectivity index is 2.33. The number of para-hydroxylation sites is 1. The average Bonchev–Trinajstić information content (AvgIpc) is 2.53. The van der Waals surface area contributed by atoms with Gasteiger partial charge < -0.3 is 5.32 Å². The largest absolute Gasteiger partial charge is 0.354 e. The predicted molar refractivity (Wildman–Crippen MR) is 97.1 cm³/mol. The number of benzene rings is 2. The minimum atomic E-state index is -0.338. The predicted octanol–water partition coefficient (Wildman–Crippen LogP) is 5.12. The summed E-state index contributed by atoms with van der Waals surface area (Å²) in [7, 11) is 0. The second-order valence-corrected chi connectivity index (χ2v) is 6.07. The van der Waals surface area contributed by atoms with Crippen LogP contribution < -0.4 is 5.32 Å². The number of nitrogens with one attached hydrogen (secondary N) is 1. The summed E-state index contributed by atoms with van der Waals surface area (Å²) in [6.45, 7) is 7.73. The maximum absolute atomic E-state index is 11.6. The Bertz CT molecular complexity index is 964. The fourth-order valence-electron chi connectivity index (χ4n) is 2.88. The second kappa shape index (κ2) is 5.92. The van der Waals surface area contributed by atoms with E-state index in [9.17, 15) is 10.1 Å². The van der Waals surface area contributed by atoms with Crippen molar-refractivity contribution in [1.82, 2.24) is 4.98 Å². The van der Waals surface area contributed by atoms with E-state index in [2.05, 4.69) is 10.3 Å². The summed E-state index contributed by atoms with van der Waals surface area (Å²) in [5.41, 5.74) is 6.13. The van der Waals surface area contributed by atoms with E-state index in [-0.39, 0.29) is 10.6 Å². The van der Waals surface area contributed by atoms with Gasteiger partial charge in [-0.3, -0.25) is 15.1 Å². The average molecular weight is 321 g/mol. The Morgan fingerprint density at radius 3 is 2.38 bits per heavy atom. The molecule has 0 aliphatic heterocycles. The fourth-order valence-corrected chi connectivity index (χ4v) is 2.88. The number of rotatable bonds is 3. The van der Waals surface area contributed by atoms with E-state index in [1.807, 2.05) is 58.0 Å². The van der Waals surface area contributed by atoms with Crippen LogP contribution in [0.5, 0.6) is 0 Å². The smallest absolute Gasteiger partial charge is 0.281 e. The Morgan fingerprint density at radius 2 is 1.71 bits per heavy atom. The van der Waals surface area contributed by atoms with Crippen molar-refractivity contribution >= 4 is 28.0 Å². The highest BCUT2D eigenvalue weighted by molar-refractivity contribution is 6.02. The molecule has 0 aliphatic carbocycles. The van der Waals surface area contributed by atoms with Gasteiger partial charge in [-0.05, 0) is 56.5 Å². The highest BCUT2D eigenvalue weighted by atomic mass is 16.6. The molecule has 3 aromatic rings. The highest BCUT2D eigenvalue weighted by Crippen LogP contribution is 2.37. The number of hydrogen-bond acceptors (Lipinski definition) is 4. The summed E-state index contributed by atoms with van der Waals surface area (Å²) in [6.07, 6.45) is 0. The zero-order valence-corrected chi connectivity index (χ0v) is 14.2. The highest BCUT2D eigenvalue weighted by Gasteiger charge is 2.20. The quantitative estimate of drug-likeness (QED) is 0.537. The molecule has 0 aliphatic rings. The first-order valence-corrected chi connectivity index (χ1v) is 7.77. The summed E-state index contributed by atoms with van der Waals surface area (Å²) >= 11 is 0. The number of fused-ring (bicyclic) bond motifs is 1. The number of aromatic nitrogens is 1. The third-order valence-electron chi connectivity index (χ3n) is 4.31. The van der Waals surface area contributed by atoms with Gasteiger partial charge >= 0.3 is 0 Å². The van der Waals surface area contributed by atoms with E-state index >= 15 is 0 Å². The number of nitrogens with zero attached hydrogens (tertiary/aromatic N) is 2. The van der Waals surface area contributed by atoms with Gasteiger partial charge in [0.1, 0.15) is 5.39 Å². The van der Waals surface area contributed by atoms with Crippen LogP contribution in [0.1, 0.15) is 22.4 Å². The molecule has 3 rings (SSSR count). The lowest BCUT2D eigenvalue weighted by molar-refractivity contribution is -0.383. The lowest BCUT2D eigenvalue weighted by Gasteiger charge is -2.15. The molecule has 0 amide bonds. The van der Waals surface area contributed by atoms with Crippen molar-refractivity contribution in [2.24, 2.45) is 0 Å². The molecule has 0 bridgehead atoms.